The van der Waals surface area contributed by atoms with Crippen molar-refractivity contribution in [3.8, 4) is 5.75 Å². The summed E-state index contributed by atoms with van der Waals surface area (Å²) in [6.45, 7) is 3.99. The molecule has 1 heterocycles. The lowest BCUT2D eigenvalue weighted by atomic mass is 10.2. The van der Waals surface area contributed by atoms with Crippen molar-refractivity contribution in [1.82, 2.24) is 0 Å². The van der Waals surface area contributed by atoms with Gasteiger partial charge in [0, 0.05) is 24.5 Å². The Kier molecular flexibility index (Phi) is 4.81. The predicted octanol–water partition coefficient (Wildman–Crippen LogP) is 3.69. The molecule has 120 valence electrons. The minimum atomic E-state index is -0.546. The molecule has 1 fully saturated rings. The maximum Gasteiger partial charge on any atom is 0.265 e. The highest BCUT2D eigenvalue weighted by Crippen LogP contribution is 2.22. The monoisotopic (exact) mass is 310 g/mol. The molecule has 0 bridgehead atoms. The molecule has 4 heteroatoms. The van der Waals surface area contributed by atoms with Gasteiger partial charge in [-0.2, -0.15) is 0 Å². The van der Waals surface area contributed by atoms with Crippen molar-refractivity contribution in [2.75, 3.05) is 23.3 Å². The van der Waals surface area contributed by atoms with Gasteiger partial charge in [0.05, 0.1) is 0 Å². The average Bonchev–Trinajstić information content (AvgIpc) is 3.11. The quantitative estimate of drug-likeness (QED) is 0.915. The van der Waals surface area contributed by atoms with E-state index in [1.807, 2.05) is 42.5 Å². The molecule has 4 nitrogen and oxygen atoms in total. The molecule has 0 radical (unpaired) electrons. The Bertz CT molecular complexity index is 634. The van der Waals surface area contributed by atoms with Gasteiger partial charge in [0.25, 0.3) is 5.91 Å². The third-order valence-corrected chi connectivity index (χ3v) is 4.03. The van der Waals surface area contributed by atoms with Gasteiger partial charge in [-0.1, -0.05) is 18.2 Å². The Morgan fingerprint density at radius 1 is 1.04 bits per heavy atom. The van der Waals surface area contributed by atoms with Crippen LogP contribution in [0.4, 0.5) is 11.4 Å². The van der Waals surface area contributed by atoms with Crippen LogP contribution in [-0.2, 0) is 4.79 Å². The van der Waals surface area contributed by atoms with Crippen molar-refractivity contribution in [2.45, 2.75) is 25.9 Å². The molecule has 0 aliphatic carbocycles. The lowest BCUT2D eigenvalue weighted by Crippen LogP contribution is -2.30. The first-order chi connectivity index (χ1) is 11.2. The van der Waals surface area contributed by atoms with Gasteiger partial charge in [-0.15, -0.1) is 0 Å². The number of nitrogens with one attached hydrogen (secondary N) is 1. The first-order valence-electron chi connectivity index (χ1n) is 8.10. The van der Waals surface area contributed by atoms with E-state index >= 15 is 0 Å². The molecule has 1 atom stereocenters. The minimum absolute atomic E-state index is 0.150. The van der Waals surface area contributed by atoms with E-state index in [1.54, 1.807) is 6.92 Å². The normalized spacial score (nSPS) is 15.3. The minimum Gasteiger partial charge on any atom is -0.481 e. The highest BCUT2D eigenvalue weighted by molar-refractivity contribution is 5.94. The average molecular weight is 310 g/mol. The Labute approximate surface area is 137 Å². The van der Waals surface area contributed by atoms with E-state index in [-0.39, 0.29) is 5.91 Å². The lowest BCUT2D eigenvalue weighted by Gasteiger charge is -2.18. The van der Waals surface area contributed by atoms with Crippen LogP contribution in [0.2, 0.25) is 0 Å². The van der Waals surface area contributed by atoms with Crippen molar-refractivity contribution in [3.05, 3.63) is 54.6 Å². The van der Waals surface area contributed by atoms with E-state index in [0.717, 1.165) is 18.8 Å². The first-order valence-corrected chi connectivity index (χ1v) is 8.10. The number of para-hydroxylation sites is 1. The van der Waals surface area contributed by atoms with E-state index < -0.39 is 6.10 Å². The van der Waals surface area contributed by atoms with E-state index in [0.29, 0.717) is 5.75 Å². The van der Waals surface area contributed by atoms with Crippen molar-refractivity contribution in [3.63, 3.8) is 0 Å². The zero-order valence-electron chi connectivity index (χ0n) is 13.4. The number of amides is 1. The number of ether oxygens (including phenoxy) is 1. The lowest BCUT2D eigenvalue weighted by molar-refractivity contribution is -0.122. The van der Waals surface area contributed by atoms with Gasteiger partial charge >= 0.3 is 0 Å². The summed E-state index contributed by atoms with van der Waals surface area (Å²) in [6.07, 6.45) is 1.97. The maximum absolute atomic E-state index is 12.2. The smallest absolute Gasteiger partial charge is 0.265 e. The predicted molar refractivity (Wildman–Crippen MR) is 93.1 cm³/mol. The third-order valence-electron chi connectivity index (χ3n) is 4.03. The molecule has 1 aliphatic rings. The largest absolute Gasteiger partial charge is 0.481 e. The van der Waals surface area contributed by atoms with E-state index in [9.17, 15) is 4.79 Å². The summed E-state index contributed by atoms with van der Waals surface area (Å²) in [4.78, 5) is 14.6. The molecular formula is C19H22N2O2. The number of carbonyl (C=O) groups is 1. The SMILES string of the molecule is CC(Oc1ccccc1)C(=O)Nc1ccc(N2CCCC2)cc1. The molecule has 3 rings (SSSR count). The van der Waals surface area contributed by atoms with Gasteiger partial charge in [-0.25, -0.2) is 0 Å². The third kappa shape index (κ3) is 4.03. The zero-order valence-corrected chi connectivity index (χ0v) is 13.4. The van der Waals surface area contributed by atoms with Crippen LogP contribution in [0.5, 0.6) is 5.75 Å². The molecule has 1 amide bonds. The molecule has 1 N–H and O–H groups in total. The fourth-order valence-electron chi connectivity index (χ4n) is 2.73. The van der Waals surface area contributed by atoms with Crippen LogP contribution >= 0.6 is 0 Å². The summed E-state index contributed by atoms with van der Waals surface area (Å²) < 4.78 is 5.63. The van der Waals surface area contributed by atoms with Gasteiger partial charge in [0.1, 0.15) is 5.75 Å². The van der Waals surface area contributed by atoms with Gasteiger partial charge in [-0.3, -0.25) is 4.79 Å². The van der Waals surface area contributed by atoms with Gasteiger partial charge in [0.15, 0.2) is 6.10 Å². The summed E-state index contributed by atoms with van der Waals surface area (Å²) in [5.41, 5.74) is 2.01. The summed E-state index contributed by atoms with van der Waals surface area (Å²) in [5, 5.41) is 2.90. The molecule has 1 saturated heterocycles. The second-order valence-electron chi connectivity index (χ2n) is 5.80. The molecule has 0 saturated carbocycles. The molecule has 2 aromatic rings. The van der Waals surface area contributed by atoms with Crippen LogP contribution in [0.3, 0.4) is 0 Å². The van der Waals surface area contributed by atoms with Crippen LogP contribution in [0.1, 0.15) is 19.8 Å². The first kappa shape index (κ1) is 15.4. The number of carbonyl (C=O) groups excluding carboxylic acids is 1. The van der Waals surface area contributed by atoms with Crippen molar-refractivity contribution < 1.29 is 9.53 Å². The Balaban J connectivity index is 1.56. The number of nitrogens with zero attached hydrogens (tertiary/aromatic N) is 1. The van der Waals surface area contributed by atoms with E-state index in [1.165, 1.54) is 18.5 Å². The second kappa shape index (κ2) is 7.18. The van der Waals surface area contributed by atoms with Crippen LogP contribution in [-0.4, -0.2) is 25.1 Å². The number of hydrogen-bond donors (Lipinski definition) is 1. The molecule has 0 aromatic heterocycles. The molecule has 1 unspecified atom stereocenters. The highest BCUT2D eigenvalue weighted by Gasteiger charge is 2.15. The van der Waals surface area contributed by atoms with E-state index in [4.69, 9.17) is 4.74 Å². The van der Waals surface area contributed by atoms with Crippen LogP contribution in [0, 0.1) is 0 Å². The second-order valence-corrected chi connectivity index (χ2v) is 5.80. The van der Waals surface area contributed by atoms with Crippen LogP contribution < -0.4 is 15.0 Å². The van der Waals surface area contributed by atoms with Gasteiger partial charge in [-0.05, 0) is 56.2 Å². The van der Waals surface area contributed by atoms with Crippen LogP contribution in [0.15, 0.2) is 54.6 Å². The highest BCUT2D eigenvalue weighted by atomic mass is 16.5. The van der Waals surface area contributed by atoms with Crippen molar-refractivity contribution in [1.29, 1.82) is 0 Å². The zero-order chi connectivity index (χ0) is 16.1. The molecular weight excluding hydrogens is 288 g/mol. The number of rotatable bonds is 5. The fraction of sp³-hybridized carbons (Fsp3) is 0.316. The van der Waals surface area contributed by atoms with Gasteiger partial charge in [0.2, 0.25) is 0 Å². The van der Waals surface area contributed by atoms with E-state index in [2.05, 4.69) is 22.3 Å². The number of anilines is 2. The molecule has 1 aliphatic heterocycles. The molecule has 2 aromatic carbocycles. The topological polar surface area (TPSA) is 41.6 Å². The summed E-state index contributed by atoms with van der Waals surface area (Å²) in [5.74, 6) is 0.544. The van der Waals surface area contributed by atoms with Crippen molar-refractivity contribution in [2.24, 2.45) is 0 Å². The number of hydrogen-bond acceptors (Lipinski definition) is 3. The summed E-state index contributed by atoms with van der Waals surface area (Å²) >= 11 is 0. The Hall–Kier alpha value is -2.49. The van der Waals surface area contributed by atoms with Gasteiger partial charge < -0.3 is 15.0 Å². The number of benzene rings is 2. The maximum atomic E-state index is 12.2. The Morgan fingerprint density at radius 2 is 1.70 bits per heavy atom. The van der Waals surface area contributed by atoms with Crippen LogP contribution in [0.25, 0.3) is 0 Å². The standard InChI is InChI=1S/C19H22N2O2/c1-15(23-18-7-3-2-4-8-18)19(22)20-16-9-11-17(12-10-16)21-13-5-6-14-21/h2-4,7-12,15H,5-6,13-14H2,1H3,(H,20,22). The fourth-order valence-corrected chi connectivity index (χ4v) is 2.73. The molecule has 23 heavy (non-hydrogen) atoms. The molecule has 0 spiro atoms. The summed E-state index contributed by atoms with van der Waals surface area (Å²) in [7, 11) is 0. The van der Waals surface area contributed by atoms with Crippen molar-refractivity contribution >= 4 is 17.3 Å². The Morgan fingerprint density at radius 3 is 2.35 bits per heavy atom. The summed E-state index contributed by atoms with van der Waals surface area (Å²) in [6, 6.07) is 17.4.